The molecule has 1 amide bonds. The minimum atomic E-state index is -0.440. The first kappa shape index (κ1) is 12.7. The second-order valence-corrected chi connectivity index (χ2v) is 5.18. The van der Waals surface area contributed by atoms with Gasteiger partial charge in [0.15, 0.2) is 0 Å². The Morgan fingerprint density at radius 2 is 2.22 bits per heavy atom. The molecule has 2 unspecified atom stereocenters. The lowest BCUT2D eigenvalue weighted by atomic mass is 9.98. The summed E-state index contributed by atoms with van der Waals surface area (Å²) in [6.45, 7) is 3.14. The van der Waals surface area contributed by atoms with E-state index in [2.05, 4.69) is 12.2 Å². The zero-order chi connectivity index (χ0) is 13.1. The van der Waals surface area contributed by atoms with Gasteiger partial charge in [-0.3, -0.25) is 4.79 Å². The molecule has 1 aliphatic rings. The average molecular weight is 247 g/mol. The maximum absolute atomic E-state index is 11.4. The molecule has 1 aromatic rings. The van der Waals surface area contributed by atoms with Crippen molar-refractivity contribution in [2.45, 2.75) is 26.2 Å². The summed E-state index contributed by atoms with van der Waals surface area (Å²) in [6, 6.07) is 5.24. The molecule has 2 atom stereocenters. The number of para-hydroxylation sites is 1. The second-order valence-electron chi connectivity index (χ2n) is 5.18. The van der Waals surface area contributed by atoms with Gasteiger partial charge in [-0.05, 0) is 30.4 Å². The Hall–Kier alpha value is -1.71. The third-order valence-corrected chi connectivity index (χ3v) is 3.94. The average Bonchev–Trinajstić information content (AvgIpc) is 2.73. The largest absolute Gasteiger partial charge is 0.397 e. The molecule has 1 aliphatic carbocycles. The summed E-state index contributed by atoms with van der Waals surface area (Å²) in [7, 11) is 0. The number of benzene rings is 1. The van der Waals surface area contributed by atoms with Crippen LogP contribution in [-0.4, -0.2) is 12.5 Å². The molecule has 0 saturated heterocycles. The Balaban J connectivity index is 2.11. The van der Waals surface area contributed by atoms with Crippen LogP contribution in [0, 0.1) is 11.8 Å². The molecule has 0 spiro atoms. The van der Waals surface area contributed by atoms with Crippen LogP contribution in [0.4, 0.5) is 11.4 Å². The highest BCUT2D eigenvalue weighted by molar-refractivity contribution is 6.01. The summed E-state index contributed by atoms with van der Waals surface area (Å²) < 4.78 is 0. The highest BCUT2D eigenvalue weighted by Crippen LogP contribution is 2.32. The minimum absolute atomic E-state index is 0.440. The molecule has 5 N–H and O–H groups in total. The van der Waals surface area contributed by atoms with E-state index in [0.717, 1.165) is 12.5 Å². The van der Waals surface area contributed by atoms with Gasteiger partial charge in [0.2, 0.25) is 0 Å². The molecule has 1 aromatic carbocycles. The van der Waals surface area contributed by atoms with Gasteiger partial charge in [-0.15, -0.1) is 0 Å². The molecular weight excluding hydrogens is 226 g/mol. The van der Waals surface area contributed by atoms with Gasteiger partial charge in [-0.25, -0.2) is 0 Å². The van der Waals surface area contributed by atoms with E-state index in [9.17, 15) is 4.79 Å². The lowest BCUT2D eigenvalue weighted by molar-refractivity contribution is 0.100. The summed E-state index contributed by atoms with van der Waals surface area (Å²) in [6.07, 6.45) is 3.83. The molecule has 0 heterocycles. The van der Waals surface area contributed by atoms with Crippen LogP contribution < -0.4 is 16.8 Å². The molecule has 0 aliphatic heterocycles. The van der Waals surface area contributed by atoms with Gasteiger partial charge in [-0.1, -0.05) is 25.8 Å². The fourth-order valence-electron chi connectivity index (χ4n) is 2.73. The maximum Gasteiger partial charge on any atom is 0.250 e. The number of anilines is 2. The lowest BCUT2D eigenvalue weighted by Gasteiger charge is -2.19. The standard InChI is InChI=1S/C14H21N3O/c1-9-4-2-5-10(9)8-17-13-11(14(16)18)6-3-7-12(13)15/h3,6-7,9-10,17H,2,4-5,8,15H2,1H3,(H2,16,18). The van der Waals surface area contributed by atoms with Crippen molar-refractivity contribution in [1.82, 2.24) is 0 Å². The quantitative estimate of drug-likeness (QED) is 0.713. The van der Waals surface area contributed by atoms with Crippen LogP contribution >= 0.6 is 0 Å². The highest BCUT2D eigenvalue weighted by Gasteiger charge is 2.23. The Labute approximate surface area is 108 Å². The van der Waals surface area contributed by atoms with Crippen LogP contribution in [0.5, 0.6) is 0 Å². The van der Waals surface area contributed by atoms with Crippen molar-refractivity contribution in [2.24, 2.45) is 17.6 Å². The SMILES string of the molecule is CC1CCCC1CNc1c(N)cccc1C(N)=O. The fraction of sp³-hybridized carbons (Fsp3) is 0.500. The number of hydrogen-bond acceptors (Lipinski definition) is 3. The second kappa shape index (κ2) is 5.29. The van der Waals surface area contributed by atoms with Gasteiger partial charge >= 0.3 is 0 Å². The van der Waals surface area contributed by atoms with Crippen LogP contribution in [0.3, 0.4) is 0 Å². The zero-order valence-electron chi connectivity index (χ0n) is 10.8. The van der Waals surface area contributed by atoms with Crippen LogP contribution in [0.2, 0.25) is 0 Å². The summed E-state index contributed by atoms with van der Waals surface area (Å²) >= 11 is 0. The van der Waals surface area contributed by atoms with Gasteiger partial charge in [0.25, 0.3) is 5.91 Å². The van der Waals surface area contributed by atoms with Gasteiger partial charge < -0.3 is 16.8 Å². The third-order valence-electron chi connectivity index (χ3n) is 3.94. The molecule has 0 bridgehead atoms. The van der Waals surface area contributed by atoms with Crippen molar-refractivity contribution in [3.8, 4) is 0 Å². The maximum atomic E-state index is 11.4. The number of carbonyl (C=O) groups is 1. The first-order valence-corrected chi connectivity index (χ1v) is 6.51. The Kier molecular flexibility index (Phi) is 3.75. The molecule has 18 heavy (non-hydrogen) atoms. The van der Waals surface area contributed by atoms with E-state index in [1.54, 1.807) is 18.2 Å². The van der Waals surface area contributed by atoms with E-state index >= 15 is 0 Å². The Bertz CT molecular complexity index is 445. The third kappa shape index (κ3) is 2.58. The van der Waals surface area contributed by atoms with Crippen molar-refractivity contribution < 1.29 is 4.79 Å². The number of nitrogens with one attached hydrogen (secondary N) is 1. The van der Waals surface area contributed by atoms with E-state index in [1.807, 2.05) is 0 Å². The summed E-state index contributed by atoms with van der Waals surface area (Å²) in [5.74, 6) is 0.953. The van der Waals surface area contributed by atoms with E-state index in [4.69, 9.17) is 11.5 Å². The molecule has 0 aromatic heterocycles. The van der Waals surface area contributed by atoms with E-state index < -0.39 is 5.91 Å². The number of carbonyl (C=O) groups excluding carboxylic acids is 1. The predicted molar refractivity (Wildman–Crippen MR) is 74.4 cm³/mol. The smallest absolute Gasteiger partial charge is 0.250 e. The number of nitrogens with two attached hydrogens (primary N) is 2. The molecular formula is C14H21N3O. The van der Waals surface area contributed by atoms with Gasteiger partial charge in [-0.2, -0.15) is 0 Å². The molecule has 2 rings (SSSR count). The van der Waals surface area contributed by atoms with Crippen molar-refractivity contribution in [1.29, 1.82) is 0 Å². The molecule has 4 nitrogen and oxygen atoms in total. The number of amides is 1. The van der Waals surface area contributed by atoms with E-state index in [0.29, 0.717) is 22.9 Å². The van der Waals surface area contributed by atoms with E-state index in [1.165, 1.54) is 19.3 Å². The molecule has 1 fully saturated rings. The van der Waals surface area contributed by atoms with Crippen molar-refractivity contribution in [3.63, 3.8) is 0 Å². The highest BCUT2D eigenvalue weighted by atomic mass is 16.1. The summed E-state index contributed by atoms with van der Waals surface area (Å²) in [4.78, 5) is 11.4. The molecule has 1 saturated carbocycles. The summed E-state index contributed by atoms with van der Waals surface area (Å²) in [5, 5.41) is 3.31. The van der Waals surface area contributed by atoms with Crippen molar-refractivity contribution in [2.75, 3.05) is 17.6 Å². The molecule has 4 heteroatoms. The van der Waals surface area contributed by atoms with E-state index in [-0.39, 0.29) is 0 Å². The number of rotatable bonds is 4. The lowest BCUT2D eigenvalue weighted by Crippen LogP contribution is -2.20. The molecule has 98 valence electrons. The fourth-order valence-corrected chi connectivity index (χ4v) is 2.73. The topological polar surface area (TPSA) is 81.1 Å². The van der Waals surface area contributed by atoms with Gasteiger partial charge in [0.05, 0.1) is 16.9 Å². The first-order valence-electron chi connectivity index (χ1n) is 6.51. The number of primary amides is 1. The van der Waals surface area contributed by atoms with Crippen molar-refractivity contribution in [3.05, 3.63) is 23.8 Å². The Morgan fingerprint density at radius 1 is 1.44 bits per heavy atom. The monoisotopic (exact) mass is 247 g/mol. The number of nitrogen functional groups attached to an aromatic ring is 1. The van der Waals surface area contributed by atoms with Crippen molar-refractivity contribution >= 4 is 17.3 Å². The molecule has 0 radical (unpaired) electrons. The van der Waals surface area contributed by atoms with Crippen LogP contribution in [0.1, 0.15) is 36.5 Å². The van der Waals surface area contributed by atoms with Crippen LogP contribution in [0.15, 0.2) is 18.2 Å². The van der Waals surface area contributed by atoms with Gasteiger partial charge in [0, 0.05) is 6.54 Å². The van der Waals surface area contributed by atoms with Crippen LogP contribution in [-0.2, 0) is 0 Å². The first-order chi connectivity index (χ1) is 8.59. The number of hydrogen-bond donors (Lipinski definition) is 3. The Morgan fingerprint density at radius 3 is 2.83 bits per heavy atom. The van der Waals surface area contributed by atoms with Crippen LogP contribution in [0.25, 0.3) is 0 Å². The predicted octanol–water partition coefficient (Wildman–Crippen LogP) is 2.22. The van der Waals surface area contributed by atoms with Gasteiger partial charge in [0.1, 0.15) is 0 Å². The zero-order valence-corrected chi connectivity index (χ0v) is 10.8. The summed E-state index contributed by atoms with van der Waals surface area (Å²) in [5.41, 5.74) is 13.0. The normalized spacial score (nSPS) is 22.9. The minimum Gasteiger partial charge on any atom is -0.397 e.